The molecule has 1 aromatic rings. The van der Waals surface area contributed by atoms with Crippen LogP contribution in [0.5, 0.6) is 5.75 Å². The second kappa shape index (κ2) is 4.92. The Morgan fingerprint density at radius 2 is 1.86 bits per heavy atom. The first-order chi connectivity index (χ1) is 6.76. The summed E-state index contributed by atoms with van der Waals surface area (Å²) >= 11 is 0. The van der Waals surface area contributed by atoms with Crippen molar-refractivity contribution < 1.29 is 4.74 Å². The smallest absolute Gasteiger partial charge is 0.127 e. The molecular weight excluding hydrogens is 174 g/mol. The number of nitrogen functional groups attached to an aromatic ring is 1. The summed E-state index contributed by atoms with van der Waals surface area (Å²) in [4.78, 5) is 0. The molecule has 0 bridgehead atoms. The van der Waals surface area contributed by atoms with Crippen molar-refractivity contribution in [1.29, 1.82) is 0 Å². The maximum Gasteiger partial charge on any atom is 0.127 e. The van der Waals surface area contributed by atoms with Crippen LogP contribution in [-0.2, 0) is 0 Å². The molecule has 0 saturated heterocycles. The summed E-state index contributed by atoms with van der Waals surface area (Å²) in [6, 6.07) is 7.17. The van der Waals surface area contributed by atoms with E-state index in [1.165, 1.54) is 0 Å². The minimum Gasteiger partial charge on any atom is -0.457 e. The van der Waals surface area contributed by atoms with Crippen LogP contribution in [0.4, 0.5) is 5.69 Å². The normalized spacial score (nSPS) is 10.7. The van der Waals surface area contributed by atoms with Crippen molar-refractivity contribution in [1.82, 2.24) is 0 Å². The monoisotopic (exact) mass is 187 g/mol. The highest BCUT2D eigenvalue weighted by molar-refractivity contribution is 5.42. The molecule has 2 heteroatoms. The highest BCUT2D eigenvalue weighted by Crippen LogP contribution is 2.16. The molecule has 0 aliphatic heterocycles. The van der Waals surface area contributed by atoms with Crippen LogP contribution >= 0.6 is 0 Å². The summed E-state index contributed by atoms with van der Waals surface area (Å²) < 4.78 is 5.48. The van der Waals surface area contributed by atoms with Crippen LogP contribution in [0.15, 0.2) is 61.4 Å². The number of hydrogen-bond acceptors (Lipinski definition) is 2. The molecule has 0 unspecified atom stereocenters. The third kappa shape index (κ3) is 2.83. The Bertz CT molecular complexity index is 349. The molecule has 1 aromatic carbocycles. The molecule has 0 aliphatic carbocycles. The Labute approximate surface area is 84.0 Å². The van der Waals surface area contributed by atoms with Gasteiger partial charge in [-0.3, -0.25) is 0 Å². The molecule has 0 atom stereocenters. The number of benzene rings is 1. The largest absolute Gasteiger partial charge is 0.457 e. The van der Waals surface area contributed by atoms with Gasteiger partial charge in [0.15, 0.2) is 0 Å². The molecule has 1 rings (SSSR count). The van der Waals surface area contributed by atoms with E-state index < -0.39 is 0 Å². The van der Waals surface area contributed by atoms with Gasteiger partial charge in [-0.1, -0.05) is 19.2 Å². The molecule has 2 nitrogen and oxygen atoms in total. The van der Waals surface area contributed by atoms with Crippen LogP contribution in [0.25, 0.3) is 0 Å². The molecule has 0 heterocycles. The van der Waals surface area contributed by atoms with Crippen LogP contribution in [0.1, 0.15) is 0 Å². The van der Waals surface area contributed by atoms with E-state index >= 15 is 0 Å². The van der Waals surface area contributed by atoms with Crippen LogP contribution in [-0.4, -0.2) is 0 Å². The highest BCUT2D eigenvalue weighted by Gasteiger charge is 1.94. The van der Waals surface area contributed by atoms with Crippen LogP contribution in [0.2, 0.25) is 0 Å². The number of allylic oxidation sites excluding steroid dienone is 3. The molecule has 72 valence electrons. The average Bonchev–Trinajstić information content (AvgIpc) is 2.20. The zero-order valence-corrected chi connectivity index (χ0v) is 7.94. The Morgan fingerprint density at radius 1 is 1.21 bits per heavy atom. The fourth-order valence-electron chi connectivity index (χ4n) is 0.932. The topological polar surface area (TPSA) is 35.2 Å². The van der Waals surface area contributed by atoms with E-state index in [0.29, 0.717) is 11.4 Å². The number of nitrogens with two attached hydrogens (primary N) is 1. The van der Waals surface area contributed by atoms with E-state index in [9.17, 15) is 0 Å². The van der Waals surface area contributed by atoms with E-state index in [1.807, 2.05) is 0 Å². The number of hydrogen-bond donors (Lipinski definition) is 1. The minimum atomic E-state index is 0.657. The van der Waals surface area contributed by atoms with Gasteiger partial charge < -0.3 is 10.5 Å². The van der Waals surface area contributed by atoms with Crippen molar-refractivity contribution in [2.45, 2.75) is 0 Å². The van der Waals surface area contributed by atoms with Crippen molar-refractivity contribution in [3.05, 3.63) is 61.4 Å². The van der Waals surface area contributed by atoms with E-state index in [0.717, 1.165) is 5.75 Å². The van der Waals surface area contributed by atoms with Gasteiger partial charge in [0.2, 0.25) is 0 Å². The molecule has 0 aliphatic rings. The molecule has 2 N–H and O–H groups in total. The summed E-state index contributed by atoms with van der Waals surface area (Å²) in [5, 5.41) is 0. The maximum absolute atomic E-state index is 5.54. The van der Waals surface area contributed by atoms with Gasteiger partial charge in [-0.25, -0.2) is 0 Å². The van der Waals surface area contributed by atoms with Gasteiger partial charge in [0.1, 0.15) is 11.5 Å². The highest BCUT2D eigenvalue weighted by atomic mass is 16.5. The molecule has 14 heavy (non-hydrogen) atoms. The summed E-state index contributed by atoms with van der Waals surface area (Å²) in [6.07, 6.45) is 5.01. The zero-order valence-electron chi connectivity index (χ0n) is 7.94. The van der Waals surface area contributed by atoms with E-state index in [1.54, 1.807) is 42.5 Å². The van der Waals surface area contributed by atoms with Gasteiger partial charge in [-0.2, -0.15) is 0 Å². The zero-order chi connectivity index (χ0) is 10.4. The molecule has 0 spiro atoms. The van der Waals surface area contributed by atoms with Crippen molar-refractivity contribution in [3.63, 3.8) is 0 Å². The quantitative estimate of drug-likeness (QED) is 0.447. The summed E-state index contributed by atoms with van der Waals surface area (Å²) in [6.45, 7) is 7.21. The summed E-state index contributed by atoms with van der Waals surface area (Å²) in [7, 11) is 0. The first-order valence-electron chi connectivity index (χ1n) is 4.25. The molecule has 0 radical (unpaired) electrons. The Hall–Kier alpha value is -1.96. The number of rotatable bonds is 4. The second-order valence-corrected chi connectivity index (χ2v) is 2.68. The maximum atomic E-state index is 5.54. The standard InChI is InChI=1S/C12H13NO/c1-3-5-11(4-2)14-12-8-6-10(13)7-9-12/h3-9H,1-2,13H2/b11-5+. The van der Waals surface area contributed by atoms with Crippen LogP contribution < -0.4 is 10.5 Å². The first-order valence-corrected chi connectivity index (χ1v) is 4.25. The molecular formula is C12H13NO. The predicted molar refractivity (Wildman–Crippen MR) is 60.0 cm³/mol. The number of ether oxygens (including phenoxy) is 1. The van der Waals surface area contributed by atoms with E-state index in [4.69, 9.17) is 10.5 Å². The van der Waals surface area contributed by atoms with Gasteiger partial charge in [-0.05, 0) is 36.4 Å². The van der Waals surface area contributed by atoms with Crippen molar-refractivity contribution in [3.8, 4) is 5.75 Å². The predicted octanol–water partition coefficient (Wildman–Crippen LogP) is 2.90. The molecule has 0 fully saturated rings. The van der Waals surface area contributed by atoms with Gasteiger partial charge in [0.05, 0.1) is 0 Å². The van der Waals surface area contributed by atoms with Crippen molar-refractivity contribution >= 4 is 5.69 Å². The lowest BCUT2D eigenvalue weighted by atomic mass is 10.3. The lowest BCUT2D eigenvalue weighted by Crippen LogP contribution is -1.91. The fourth-order valence-corrected chi connectivity index (χ4v) is 0.932. The third-order valence-corrected chi connectivity index (χ3v) is 1.60. The first kappa shape index (κ1) is 10.1. The van der Waals surface area contributed by atoms with Crippen LogP contribution in [0, 0.1) is 0 Å². The van der Waals surface area contributed by atoms with E-state index in [-0.39, 0.29) is 0 Å². The number of anilines is 1. The van der Waals surface area contributed by atoms with Crippen molar-refractivity contribution in [2.75, 3.05) is 5.73 Å². The molecule has 0 aromatic heterocycles. The lowest BCUT2D eigenvalue weighted by molar-refractivity contribution is 0.445. The van der Waals surface area contributed by atoms with Gasteiger partial charge >= 0.3 is 0 Å². The Kier molecular flexibility index (Phi) is 3.56. The lowest BCUT2D eigenvalue weighted by Gasteiger charge is -2.05. The van der Waals surface area contributed by atoms with Gasteiger partial charge in [0, 0.05) is 5.69 Å². The average molecular weight is 187 g/mol. The van der Waals surface area contributed by atoms with E-state index in [2.05, 4.69) is 13.2 Å². The van der Waals surface area contributed by atoms with Gasteiger partial charge in [-0.15, -0.1) is 0 Å². The molecule has 0 amide bonds. The SMILES string of the molecule is C=C/C=C(\C=C)Oc1ccc(N)cc1. The summed E-state index contributed by atoms with van der Waals surface area (Å²) in [5.74, 6) is 1.39. The van der Waals surface area contributed by atoms with Crippen LogP contribution in [0.3, 0.4) is 0 Å². The van der Waals surface area contributed by atoms with Gasteiger partial charge in [0.25, 0.3) is 0 Å². The third-order valence-electron chi connectivity index (χ3n) is 1.60. The second-order valence-electron chi connectivity index (χ2n) is 2.68. The fraction of sp³-hybridized carbons (Fsp3) is 0. The Morgan fingerprint density at radius 3 is 2.36 bits per heavy atom. The Balaban J connectivity index is 2.77. The summed E-state index contributed by atoms with van der Waals surface area (Å²) in [5.41, 5.74) is 6.26. The minimum absolute atomic E-state index is 0.657. The molecule has 0 saturated carbocycles. The van der Waals surface area contributed by atoms with Crippen molar-refractivity contribution in [2.24, 2.45) is 0 Å².